The Morgan fingerprint density at radius 2 is 1.70 bits per heavy atom. The number of aryl methyl sites for hydroxylation is 2. The van der Waals surface area contributed by atoms with E-state index in [4.69, 9.17) is 4.74 Å². The molecule has 0 aliphatic carbocycles. The largest absolute Gasteiger partial charge is 0.372 e. The topological polar surface area (TPSA) is 42.1 Å². The van der Waals surface area contributed by atoms with Gasteiger partial charge in [-0.25, -0.2) is 0 Å². The summed E-state index contributed by atoms with van der Waals surface area (Å²) in [4.78, 5) is 14.9. The quantitative estimate of drug-likeness (QED) is 0.770. The maximum Gasteiger partial charge on any atom is 0.253 e. The summed E-state index contributed by atoms with van der Waals surface area (Å²) in [5.41, 5.74) is 3.87. The van der Waals surface area contributed by atoms with Gasteiger partial charge < -0.3 is 9.72 Å². The number of benzene rings is 2. The number of aromatic nitrogens is 1. The molecule has 0 aliphatic heterocycles. The van der Waals surface area contributed by atoms with Crippen LogP contribution >= 0.6 is 0 Å². The highest BCUT2D eigenvalue weighted by Gasteiger charge is 2.06. The van der Waals surface area contributed by atoms with Gasteiger partial charge in [-0.2, -0.15) is 0 Å². The summed E-state index contributed by atoms with van der Waals surface area (Å²) in [6, 6.07) is 16.4. The first kappa shape index (κ1) is 15.5. The first-order valence-electron chi connectivity index (χ1n) is 7.95. The molecular weight excluding hydrogens is 286 g/mol. The van der Waals surface area contributed by atoms with E-state index in [0.717, 1.165) is 23.2 Å². The minimum absolute atomic E-state index is 0.0578. The van der Waals surface area contributed by atoms with Crippen molar-refractivity contribution in [2.75, 3.05) is 0 Å². The monoisotopic (exact) mass is 307 g/mol. The molecule has 23 heavy (non-hydrogen) atoms. The second-order valence-corrected chi connectivity index (χ2v) is 5.76. The first-order chi connectivity index (χ1) is 11.2. The van der Waals surface area contributed by atoms with Crippen molar-refractivity contribution in [2.45, 2.75) is 33.5 Å². The van der Waals surface area contributed by atoms with Crippen molar-refractivity contribution in [3.8, 4) is 0 Å². The van der Waals surface area contributed by atoms with E-state index >= 15 is 0 Å². The third-order valence-corrected chi connectivity index (χ3v) is 4.20. The van der Waals surface area contributed by atoms with E-state index in [1.54, 1.807) is 0 Å². The molecule has 0 spiro atoms. The van der Waals surface area contributed by atoms with Gasteiger partial charge in [-0.3, -0.25) is 4.79 Å². The van der Waals surface area contributed by atoms with Crippen LogP contribution in [-0.4, -0.2) is 4.98 Å². The summed E-state index contributed by atoms with van der Waals surface area (Å²) in [6.45, 7) is 4.84. The van der Waals surface area contributed by atoms with Crippen molar-refractivity contribution in [3.63, 3.8) is 0 Å². The molecule has 1 N–H and O–H groups in total. The molecule has 3 rings (SSSR count). The van der Waals surface area contributed by atoms with Crippen LogP contribution in [0.2, 0.25) is 0 Å². The van der Waals surface area contributed by atoms with Crippen LogP contribution in [0.15, 0.2) is 53.3 Å². The molecule has 0 amide bonds. The molecule has 2 aromatic carbocycles. The van der Waals surface area contributed by atoms with Crippen molar-refractivity contribution in [1.82, 2.24) is 4.98 Å². The Balaban J connectivity index is 1.76. The summed E-state index contributed by atoms with van der Waals surface area (Å²) in [7, 11) is 0. The van der Waals surface area contributed by atoms with Crippen LogP contribution in [-0.2, 0) is 24.4 Å². The van der Waals surface area contributed by atoms with E-state index in [0.29, 0.717) is 18.8 Å². The van der Waals surface area contributed by atoms with Crippen LogP contribution in [0, 0.1) is 6.92 Å². The number of rotatable bonds is 5. The molecule has 0 aliphatic rings. The number of ether oxygens (including phenoxy) is 1. The average molecular weight is 307 g/mol. The summed E-state index contributed by atoms with van der Waals surface area (Å²) in [5.74, 6) is 0. The van der Waals surface area contributed by atoms with Gasteiger partial charge in [0.05, 0.1) is 13.2 Å². The van der Waals surface area contributed by atoms with E-state index in [1.165, 1.54) is 10.8 Å². The van der Waals surface area contributed by atoms with Gasteiger partial charge in [-0.15, -0.1) is 0 Å². The zero-order valence-electron chi connectivity index (χ0n) is 13.6. The molecule has 1 heterocycles. The second kappa shape index (κ2) is 6.80. The van der Waals surface area contributed by atoms with Gasteiger partial charge in [0, 0.05) is 11.3 Å². The minimum Gasteiger partial charge on any atom is -0.372 e. The first-order valence-corrected chi connectivity index (χ1v) is 7.95. The Hall–Kier alpha value is -2.39. The van der Waals surface area contributed by atoms with E-state index < -0.39 is 0 Å². The minimum atomic E-state index is -0.0578. The molecule has 118 valence electrons. The Morgan fingerprint density at radius 3 is 2.52 bits per heavy atom. The van der Waals surface area contributed by atoms with Crippen LogP contribution in [0.4, 0.5) is 0 Å². The maximum absolute atomic E-state index is 12.0. The fraction of sp³-hybridized carbons (Fsp3) is 0.250. The number of nitrogens with one attached hydrogen (secondary N) is 1. The van der Waals surface area contributed by atoms with Crippen LogP contribution in [0.25, 0.3) is 10.8 Å². The molecule has 0 fully saturated rings. The molecule has 0 saturated carbocycles. The standard InChI is InChI=1S/C20H21NO2/c1-3-15-11-18(20(22)21-14(15)2)13-23-12-17-9-6-8-16-7-4-5-10-19(16)17/h4-11H,3,12-13H2,1-2H3,(H,21,22). The highest BCUT2D eigenvalue weighted by Crippen LogP contribution is 2.19. The van der Waals surface area contributed by atoms with Crippen LogP contribution in [0.1, 0.15) is 29.3 Å². The third kappa shape index (κ3) is 3.35. The van der Waals surface area contributed by atoms with E-state index in [2.05, 4.69) is 36.2 Å². The predicted molar refractivity (Wildman–Crippen MR) is 93.6 cm³/mol. The number of H-pyrrole nitrogens is 1. The SMILES string of the molecule is CCc1cc(COCc2cccc3ccccc23)c(=O)[nH]c1C. The van der Waals surface area contributed by atoms with Gasteiger partial charge in [0.1, 0.15) is 0 Å². The van der Waals surface area contributed by atoms with Crippen molar-refractivity contribution < 1.29 is 4.74 Å². The lowest BCUT2D eigenvalue weighted by molar-refractivity contribution is 0.107. The van der Waals surface area contributed by atoms with Crippen LogP contribution < -0.4 is 5.56 Å². The Labute approximate surface area is 135 Å². The number of hydrogen-bond acceptors (Lipinski definition) is 2. The van der Waals surface area contributed by atoms with Crippen molar-refractivity contribution in [3.05, 3.63) is 81.3 Å². The highest BCUT2D eigenvalue weighted by atomic mass is 16.5. The summed E-state index contributed by atoms with van der Waals surface area (Å²) < 4.78 is 5.81. The van der Waals surface area contributed by atoms with Gasteiger partial charge in [-0.05, 0) is 41.3 Å². The zero-order chi connectivity index (χ0) is 16.2. The lowest BCUT2D eigenvalue weighted by atomic mass is 10.1. The predicted octanol–water partition coefficient (Wildman–Crippen LogP) is 4.12. The summed E-state index contributed by atoms with van der Waals surface area (Å²) in [6.07, 6.45) is 0.902. The summed E-state index contributed by atoms with van der Waals surface area (Å²) >= 11 is 0. The molecule has 3 nitrogen and oxygen atoms in total. The number of pyridine rings is 1. The van der Waals surface area contributed by atoms with Crippen LogP contribution in [0.3, 0.4) is 0 Å². The molecule has 0 saturated heterocycles. The molecular formula is C20H21NO2. The van der Waals surface area contributed by atoms with Gasteiger partial charge in [0.15, 0.2) is 0 Å². The fourth-order valence-electron chi connectivity index (χ4n) is 2.88. The highest BCUT2D eigenvalue weighted by molar-refractivity contribution is 5.85. The molecule has 3 heteroatoms. The van der Waals surface area contributed by atoms with Gasteiger partial charge in [-0.1, -0.05) is 49.4 Å². The normalized spacial score (nSPS) is 11.0. The lowest BCUT2D eigenvalue weighted by Gasteiger charge is -2.09. The molecule has 0 radical (unpaired) electrons. The second-order valence-electron chi connectivity index (χ2n) is 5.76. The van der Waals surface area contributed by atoms with Gasteiger partial charge >= 0.3 is 0 Å². The molecule has 3 aromatic rings. The van der Waals surface area contributed by atoms with Gasteiger partial charge in [0.25, 0.3) is 5.56 Å². The van der Waals surface area contributed by atoms with Crippen molar-refractivity contribution >= 4 is 10.8 Å². The fourth-order valence-corrected chi connectivity index (χ4v) is 2.88. The maximum atomic E-state index is 12.0. The number of aromatic amines is 1. The van der Waals surface area contributed by atoms with E-state index in [-0.39, 0.29) is 5.56 Å². The molecule has 0 atom stereocenters. The average Bonchev–Trinajstić information content (AvgIpc) is 2.57. The Bertz CT molecular complexity index is 875. The molecule has 1 aromatic heterocycles. The van der Waals surface area contributed by atoms with E-state index in [9.17, 15) is 4.79 Å². The number of hydrogen-bond donors (Lipinski definition) is 1. The third-order valence-electron chi connectivity index (χ3n) is 4.20. The molecule has 0 bridgehead atoms. The van der Waals surface area contributed by atoms with E-state index in [1.807, 2.05) is 31.2 Å². The smallest absolute Gasteiger partial charge is 0.253 e. The zero-order valence-corrected chi connectivity index (χ0v) is 13.6. The van der Waals surface area contributed by atoms with Gasteiger partial charge in [0.2, 0.25) is 0 Å². The number of fused-ring (bicyclic) bond motifs is 1. The van der Waals surface area contributed by atoms with Crippen molar-refractivity contribution in [2.24, 2.45) is 0 Å². The Morgan fingerprint density at radius 1 is 0.957 bits per heavy atom. The van der Waals surface area contributed by atoms with Crippen LogP contribution in [0.5, 0.6) is 0 Å². The molecule has 0 unspecified atom stereocenters. The lowest BCUT2D eigenvalue weighted by Crippen LogP contribution is -2.16. The Kier molecular flexibility index (Phi) is 4.58. The van der Waals surface area contributed by atoms with Crippen molar-refractivity contribution in [1.29, 1.82) is 0 Å². The summed E-state index contributed by atoms with van der Waals surface area (Å²) in [5, 5.41) is 2.40.